The van der Waals surface area contributed by atoms with Gasteiger partial charge in [0.05, 0.1) is 39.2 Å². The summed E-state index contributed by atoms with van der Waals surface area (Å²) in [5.74, 6) is 0.0436. The molecule has 0 radical (unpaired) electrons. The maximum absolute atomic E-state index is 13.2. The minimum absolute atomic E-state index is 0.0273. The number of ether oxygens (including phenoxy) is 3. The van der Waals surface area contributed by atoms with E-state index in [-0.39, 0.29) is 17.9 Å². The maximum Gasteiger partial charge on any atom is 0.290 e. The van der Waals surface area contributed by atoms with Crippen LogP contribution in [0.2, 0.25) is 0 Å². The second-order valence-electron chi connectivity index (χ2n) is 7.69. The summed E-state index contributed by atoms with van der Waals surface area (Å²) in [7, 11) is 4.65. The predicted molar refractivity (Wildman–Crippen MR) is 123 cm³/mol. The van der Waals surface area contributed by atoms with Crippen LogP contribution >= 0.6 is 0 Å². The number of furan rings is 1. The van der Waals surface area contributed by atoms with Crippen LogP contribution in [0.3, 0.4) is 0 Å². The highest BCUT2D eigenvalue weighted by Gasteiger charge is 2.44. The number of carbonyl (C=O) groups is 2. The van der Waals surface area contributed by atoms with Crippen LogP contribution in [-0.4, -0.2) is 49.6 Å². The molecule has 1 N–H and O–H groups in total. The van der Waals surface area contributed by atoms with Crippen molar-refractivity contribution in [2.45, 2.75) is 12.5 Å². The van der Waals surface area contributed by atoms with E-state index in [1.54, 1.807) is 50.6 Å². The lowest BCUT2D eigenvalue weighted by molar-refractivity contribution is -0.129. The number of rotatable bonds is 9. The summed E-state index contributed by atoms with van der Waals surface area (Å²) in [6.07, 6.45) is 1.83. The second-order valence-corrected chi connectivity index (χ2v) is 7.69. The monoisotopic (exact) mass is 463 g/mol. The molecule has 1 unspecified atom stereocenters. The Balaban J connectivity index is 1.69. The molecular weight excluding hydrogens is 438 g/mol. The van der Waals surface area contributed by atoms with Crippen molar-refractivity contribution >= 4 is 11.7 Å². The van der Waals surface area contributed by atoms with Crippen LogP contribution in [0, 0.1) is 0 Å². The quantitative estimate of drug-likeness (QED) is 0.477. The summed E-state index contributed by atoms with van der Waals surface area (Å²) in [4.78, 5) is 27.8. The van der Waals surface area contributed by atoms with E-state index >= 15 is 0 Å². The second kappa shape index (κ2) is 9.74. The van der Waals surface area contributed by atoms with Gasteiger partial charge in [0, 0.05) is 6.54 Å². The highest BCUT2D eigenvalue weighted by Crippen LogP contribution is 2.40. The zero-order chi connectivity index (χ0) is 24.2. The van der Waals surface area contributed by atoms with Gasteiger partial charge in [-0.25, -0.2) is 0 Å². The van der Waals surface area contributed by atoms with Gasteiger partial charge in [0.2, 0.25) is 5.78 Å². The summed E-state index contributed by atoms with van der Waals surface area (Å²) >= 11 is 0. The van der Waals surface area contributed by atoms with Crippen LogP contribution in [0.5, 0.6) is 17.2 Å². The first kappa shape index (κ1) is 23.0. The minimum atomic E-state index is -0.805. The number of amides is 1. The number of aliphatic hydroxyl groups excluding tert-OH is 1. The molecule has 2 aromatic carbocycles. The Morgan fingerprint density at radius 2 is 1.79 bits per heavy atom. The Kier molecular flexibility index (Phi) is 6.58. The van der Waals surface area contributed by atoms with E-state index in [0.29, 0.717) is 29.2 Å². The van der Waals surface area contributed by atoms with Gasteiger partial charge >= 0.3 is 0 Å². The lowest BCUT2D eigenvalue weighted by Crippen LogP contribution is -2.33. The summed E-state index contributed by atoms with van der Waals surface area (Å²) in [6, 6.07) is 14.9. The third-order valence-electron chi connectivity index (χ3n) is 5.79. The molecular formula is C26H25NO7. The fourth-order valence-electron chi connectivity index (χ4n) is 4.10. The molecule has 1 aliphatic heterocycles. The number of nitrogens with zero attached hydrogens (tertiary/aromatic N) is 1. The smallest absolute Gasteiger partial charge is 0.290 e. The summed E-state index contributed by atoms with van der Waals surface area (Å²) in [5, 5.41) is 10.8. The van der Waals surface area contributed by atoms with E-state index in [9.17, 15) is 14.7 Å². The van der Waals surface area contributed by atoms with E-state index in [1.165, 1.54) is 24.3 Å². The molecule has 4 rings (SSSR count). The summed E-state index contributed by atoms with van der Waals surface area (Å²) < 4.78 is 21.2. The highest BCUT2D eigenvalue weighted by atomic mass is 16.5. The first-order chi connectivity index (χ1) is 16.5. The Hall–Kier alpha value is -4.20. The zero-order valence-electron chi connectivity index (χ0n) is 19.1. The molecule has 34 heavy (non-hydrogen) atoms. The average Bonchev–Trinajstić information content (AvgIpc) is 3.49. The molecule has 0 saturated heterocycles. The maximum atomic E-state index is 13.2. The van der Waals surface area contributed by atoms with Crippen molar-refractivity contribution in [3.05, 3.63) is 89.1 Å². The molecule has 3 aromatic rings. The first-order valence-corrected chi connectivity index (χ1v) is 10.7. The van der Waals surface area contributed by atoms with E-state index in [1.807, 2.05) is 12.1 Å². The third kappa shape index (κ3) is 4.22. The van der Waals surface area contributed by atoms with Gasteiger partial charge in [-0.1, -0.05) is 18.2 Å². The Morgan fingerprint density at radius 3 is 2.47 bits per heavy atom. The van der Waals surface area contributed by atoms with Crippen LogP contribution < -0.4 is 14.2 Å². The molecule has 176 valence electrons. The molecule has 1 atom stereocenters. The van der Waals surface area contributed by atoms with Crippen LogP contribution in [0.15, 0.2) is 76.6 Å². The van der Waals surface area contributed by atoms with Crippen molar-refractivity contribution in [1.82, 2.24) is 4.90 Å². The summed E-state index contributed by atoms with van der Waals surface area (Å²) in [6.45, 7) is 0.245. The van der Waals surface area contributed by atoms with Crippen LogP contribution in [0.4, 0.5) is 0 Å². The van der Waals surface area contributed by atoms with Crippen molar-refractivity contribution in [1.29, 1.82) is 0 Å². The molecule has 2 heterocycles. The number of benzene rings is 2. The molecule has 8 nitrogen and oxygen atoms in total. The lowest BCUT2D eigenvalue weighted by atomic mass is 9.94. The molecule has 1 amide bonds. The number of ketones is 1. The molecule has 0 bridgehead atoms. The van der Waals surface area contributed by atoms with E-state index in [2.05, 4.69) is 0 Å². The molecule has 0 spiro atoms. The Labute approximate surface area is 197 Å². The number of hydrogen-bond acceptors (Lipinski definition) is 7. The largest absolute Gasteiger partial charge is 0.503 e. The number of aliphatic hydroxyl groups is 1. The van der Waals surface area contributed by atoms with Gasteiger partial charge in [-0.3, -0.25) is 9.59 Å². The number of carbonyl (C=O) groups excluding carboxylic acids is 2. The van der Waals surface area contributed by atoms with Crippen molar-refractivity contribution in [3.8, 4) is 17.2 Å². The molecule has 1 aromatic heterocycles. The standard InChI is InChI=1S/C26H25NO7/c1-31-18-7-4-6-17(15-18)23-22(24(28)20-8-5-13-34-20)25(29)26(30)27(23)12-11-16-9-10-19(32-2)21(14-16)33-3/h4-10,13-15,23,29H,11-12H2,1-3H3. The van der Waals surface area contributed by atoms with Gasteiger partial charge in [0.15, 0.2) is 23.0 Å². The van der Waals surface area contributed by atoms with Crippen LogP contribution in [-0.2, 0) is 11.2 Å². The average molecular weight is 463 g/mol. The van der Waals surface area contributed by atoms with Gasteiger partial charge in [-0.05, 0) is 53.9 Å². The molecule has 1 aliphatic rings. The number of hydrogen-bond donors (Lipinski definition) is 1. The van der Waals surface area contributed by atoms with E-state index in [4.69, 9.17) is 18.6 Å². The van der Waals surface area contributed by atoms with Gasteiger partial charge in [0.25, 0.3) is 5.91 Å². The summed E-state index contributed by atoms with van der Waals surface area (Å²) in [5.41, 5.74) is 1.51. The molecule has 8 heteroatoms. The van der Waals surface area contributed by atoms with Gasteiger partial charge in [0.1, 0.15) is 5.75 Å². The lowest BCUT2D eigenvalue weighted by Gasteiger charge is -2.27. The van der Waals surface area contributed by atoms with Crippen LogP contribution in [0.25, 0.3) is 0 Å². The normalized spacial score (nSPS) is 15.6. The Morgan fingerprint density at radius 1 is 1.00 bits per heavy atom. The Bertz CT molecular complexity index is 1230. The van der Waals surface area contributed by atoms with Gasteiger partial charge in [-0.2, -0.15) is 0 Å². The van der Waals surface area contributed by atoms with Crippen molar-refractivity contribution in [3.63, 3.8) is 0 Å². The van der Waals surface area contributed by atoms with Gasteiger partial charge in [-0.15, -0.1) is 0 Å². The highest BCUT2D eigenvalue weighted by molar-refractivity contribution is 6.15. The first-order valence-electron chi connectivity index (χ1n) is 10.7. The third-order valence-corrected chi connectivity index (χ3v) is 5.79. The minimum Gasteiger partial charge on any atom is -0.503 e. The van der Waals surface area contributed by atoms with Crippen molar-refractivity contribution in [2.24, 2.45) is 0 Å². The van der Waals surface area contributed by atoms with Crippen molar-refractivity contribution in [2.75, 3.05) is 27.9 Å². The van der Waals surface area contributed by atoms with Crippen molar-refractivity contribution < 1.29 is 33.3 Å². The van der Waals surface area contributed by atoms with E-state index < -0.39 is 23.5 Å². The molecule has 0 saturated carbocycles. The fraction of sp³-hybridized carbons (Fsp3) is 0.231. The number of methoxy groups -OCH3 is 3. The predicted octanol–water partition coefficient (Wildman–Crippen LogP) is 4.13. The topological polar surface area (TPSA) is 98.4 Å². The fourth-order valence-corrected chi connectivity index (χ4v) is 4.10. The van der Waals surface area contributed by atoms with Crippen LogP contribution in [0.1, 0.15) is 27.7 Å². The number of Topliss-reactive ketones (excluding diaryl/α,β-unsaturated/α-hetero) is 1. The SMILES string of the molecule is COc1cccc(C2C(C(=O)c3ccco3)=C(O)C(=O)N2CCc2ccc(OC)c(OC)c2)c1. The molecule has 0 fully saturated rings. The zero-order valence-corrected chi connectivity index (χ0v) is 19.1. The molecule has 0 aliphatic carbocycles. The van der Waals surface area contributed by atoms with E-state index in [0.717, 1.165) is 5.56 Å². The van der Waals surface area contributed by atoms with Gasteiger partial charge < -0.3 is 28.6 Å².